The van der Waals surface area contributed by atoms with Gasteiger partial charge in [-0.05, 0) is 29.5 Å². The van der Waals surface area contributed by atoms with E-state index in [2.05, 4.69) is 61.5 Å². The lowest BCUT2D eigenvalue weighted by atomic mass is 9.95. The summed E-state index contributed by atoms with van der Waals surface area (Å²) in [5.74, 6) is 0. The van der Waals surface area contributed by atoms with E-state index in [-0.39, 0.29) is 0 Å². The number of rotatable bonds is 9. The lowest BCUT2D eigenvalue weighted by Gasteiger charge is -2.09. The maximum Gasteiger partial charge on any atom is 0.503 e. The molecule has 0 radical (unpaired) electrons. The third-order valence-electron chi connectivity index (χ3n) is 4.15. The van der Waals surface area contributed by atoms with Crippen LogP contribution in [0.4, 0.5) is 4.79 Å². The predicted molar refractivity (Wildman–Crippen MR) is 104 cm³/mol. The van der Waals surface area contributed by atoms with Crippen LogP contribution in [0.1, 0.15) is 57.4 Å². The molecule has 3 nitrogen and oxygen atoms in total. The molecule has 2 N–H and O–H groups in total. The Morgan fingerprint density at radius 3 is 1.92 bits per heavy atom. The fourth-order valence-corrected chi connectivity index (χ4v) is 2.91. The number of hydrogen-bond acceptors (Lipinski definition) is 1. The molecule has 2 rings (SSSR count). The van der Waals surface area contributed by atoms with E-state index in [4.69, 9.17) is 15.0 Å². The Bertz CT molecular complexity index is 589. The van der Waals surface area contributed by atoms with Gasteiger partial charge in [0, 0.05) is 0 Å². The van der Waals surface area contributed by atoms with Crippen LogP contribution < -0.4 is 0 Å². The molecule has 0 fully saturated rings. The van der Waals surface area contributed by atoms with Crippen molar-refractivity contribution in [3.63, 3.8) is 0 Å². The molecule has 0 heterocycles. The summed E-state index contributed by atoms with van der Waals surface area (Å²) in [5.41, 5.74) is 4.25. The summed E-state index contributed by atoms with van der Waals surface area (Å²) >= 11 is 0. The van der Waals surface area contributed by atoms with E-state index in [0.717, 1.165) is 0 Å². The zero-order chi connectivity index (χ0) is 18.3. The quantitative estimate of drug-likeness (QED) is 0.489. The van der Waals surface area contributed by atoms with Crippen LogP contribution in [0.25, 0.3) is 11.1 Å². The van der Waals surface area contributed by atoms with Crippen LogP contribution in [-0.2, 0) is 6.42 Å². The Kier molecular flexibility index (Phi) is 10.8. The van der Waals surface area contributed by atoms with Gasteiger partial charge in [0.1, 0.15) is 0 Å². The molecule has 0 bridgehead atoms. The first kappa shape index (κ1) is 20.8. The molecule has 0 amide bonds. The van der Waals surface area contributed by atoms with Crippen molar-refractivity contribution in [2.75, 3.05) is 0 Å². The van der Waals surface area contributed by atoms with Crippen LogP contribution in [0.15, 0.2) is 54.6 Å². The van der Waals surface area contributed by atoms with Crippen LogP contribution in [-0.4, -0.2) is 16.4 Å². The zero-order valence-electron chi connectivity index (χ0n) is 15.2. The lowest BCUT2D eigenvalue weighted by molar-refractivity contribution is 0.137. The highest BCUT2D eigenvalue weighted by atomic mass is 16.6. The van der Waals surface area contributed by atoms with E-state index in [1.54, 1.807) is 0 Å². The van der Waals surface area contributed by atoms with Gasteiger partial charge in [-0.2, -0.15) is 0 Å². The van der Waals surface area contributed by atoms with Crippen molar-refractivity contribution >= 4 is 6.16 Å². The maximum atomic E-state index is 8.56. The molecular weight excluding hydrogens is 312 g/mol. The first-order valence-electron chi connectivity index (χ1n) is 9.20. The van der Waals surface area contributed by atoms with Crippen LogP contribution in [0, 0.1) is 0 Å². The third kappa shape index (κ3) is 9.55. The van der Waals surface area contributed by atoms with Crippen molar-refractivity contribution in [2.24, 2.45) is 0 Å². The second-order valence-electron chi connectivity index (χ2n) is 6.18. The van der Waals surface area contributed by atoms with E-state index in [1.807, 2.05) is 0 Å². The van der Waals surface area contributed by atoms with Gasteiger partial charge < -0.3 is 10.2 Å². The summed E-state index contributed by atoms with van der Waals surface area (Å²) in [7, 11) is 0. The van der Waals surface area contributed by atoms with Crippen molar-refractivity contribution in [3.8, 4) is 11.1 Å². The van der Waals surface area contributed by atoms with Gasteiger partial charge in [0.05, 0.1) is 0 Å². The Labute approximate surface area is 151 Å². The highest BCUT2D eigenvalue weighted by molar-refractivity contribution is 5.67. The molecule has 0 aromatic heterocycles. The molecule has 25 heavy (non-hydrogen) atoms. The first-order chi connectivity index (χ1) is 12.1. The topological polar surface area (TPSA) is 57.5 Å². The van der Waals surface area contributed by atoms with E-state index >= 15 is 0 Å². The molecule has 2 aromatic rings. The summed E-state index contributed by atoms with van der Waals surface area (Å²) < 4.78 is 0. The third-order valence-corrected chi connectivity index (χ3v) is 4.15. The van der Waals surface area contributed by atoms with Gasteiger partial charge in [0.25, 0.3) is 0 Å². The van der Waals surface area contributed by atoms with Gasteiger partial charge in [-0.1, -0.05) is 100 Å². The molecule has 0 saturated carbocycles. The summed E-state index contributed by atoms with van der Waals surface area (Å²) in [6, 6.07) is 19.6. The number of carboxylic acid groups (broad SMARTS) is 2. The van der Waals surface area contributed by atoms with E-state index in [0.29, 0.717) is 0 Å². The molecule has 0 atom stereocenters. The van der Waals surface area contributed by atoms with E-state index in [1.165, 1.54) is 68.1 Å². The molecule has 0 unspecified atom stereocenters. The second-order valence-corrected chi connectivity index (χ2v) is 6.18. The number of unbranched alkanes of at least 4 members (excludes halogenated alkanes) is 6. The molecule has 2 aromatic carbocycles. The minimum atomic E-state index is -1.83. The van der Waals surface area contributed by atoms with Crippen molar-refractivity contribution in [1.29, 1.82) is 0 Å². The van der Waals surface area contributed by atoms with Crippen LogP contribution in [0.3, 0.4) is 0 Å². The predicted octanol–water partition coefficient (Wildman–Crippen LogP) is 6.87. The Hall–Kier alpha value is -2.29. The Morgan fingerprint density at radius 2 is 1.28 bits per heavy atom. The molecule has 0 spiro atoms. The van der Waals surface area contributed by atoms with Gasteiger partial charge in [0.2, 0.25) is 0 Å². The second kappa shape index (κ2) is 13.1. The molecule has 0 aliphatic carbocycles. The van der Waals surface area contributed by atoms with Crippen molar-refractivity contribution in [3.05, 3.63) is 60.2 Å². The van der Waals surface area contributed by atoms with E-state index < -0.39 is 6.16 Å². The van der Waals surface area contributed by atoms with Gasteiger partial charge in [0.15, 0.2) is 0 Å². The Morgan fingerprint density at radius 1 is 0.760 bits per heavy atom. The summed E-state index contributed by atoms with van der Waals surface area (Å²) in [4.78, 5) is 8.56. The standard InChI is InChI=1S/C21H28.CH2O3/c1-2-3-4-5-6-7-9-14-20-17-12-13-18-21(20)19-15-10-8-11-16-19;2-1(3)4/h8,10-13,15-18H,2-7,9,14H2,1H3;(H2,2,3,4). The smallest absolute Gasteiger partial charge is 0.450 e. The highest BCUT2D eigenvalue weighted by Crippen LogP contribution is 2.25. The number of carbonyl (C=O) groups is 1. The van der Waals surface area contributed by atoms with Crippen molar-refractivity contribution < 1.29 is 15.0 Å². The molecule has 3 heteroatoms. The van der Waals surface area contributed by atoms with Gasteiger partial charge in [-0.3, -0.25) is 0 Å². The fourth-order valence-electron chi connectivity index (χ4n) is 2.91. The molecule has 0 saturated heterocycles. The molecule has 0 aliphatic rings. The fraction of sp³-hybridized carbons (Fsp3) is 0.409. The van der Waals surface area contributed by atoms with Crippen molar-refractivity contribution in [1.82, 2.24) is 0 Å². The number of aryl methyl sites for hydroxylation is 1. The summed E-state index contributed by atoms with van der Waals surface area (Å²) in [6.07, 6.45) is 9.02. The lowest BCUT2D eigenvalue weighted by Crippen LogP contribution is -1.91. The monoisotopic (exact) mass is 342 g/mol. The van der Waals surface area contributed by atoms with Crippen LogP contribution in [0.5, 0.6) is 0 Å². The summed E-state index contributed by atoms with van der Waals surface area (Å²) in [5, 5.41) is 13.9. The van der Waals surface area contributed by atoms with E-state index in [9.17, 15) is 0 Å². The molecule has 0 aliphatic heterocycles. The Balaban J connectivity index is 0.000000705. The SMILES string of the molecule is CCCCCCCCCc1ccccc1-c1ccccc1.O=C(O)O. The number of benzene rings is 2. The number of hydrogen-bond donors (Lipinski definition) is 2. The van der Waals surface area contributed by atoms with Gasteiger partial charge in [-0.15, -0.1) is 0 Å². The minimum Gasteiger partial charge on any atom is -0.450 e. The first-order valence-corrected chi connectivity index (χ1v) is 9.20. The summed E-state index contributed by atoms with van der Waals surface area (Å²) in [6.45, 7) is 2.28. The minimum absolute atomic E-state index is 1.21. The highest BCUT2D eigenvalue weighted by Gasteiger charge is 2.03. The van der Waals surface area contributed by atoms with Crippen LogP contribution in [0.2, 0.25) is 0 Å². The normalized spacial score (nSPS) is 9.96. The largest absolute Gasteiger partial charge is 0.503 e. The average Bonchev–Trinajstić information content (AvgIpc) is 2.62. The maximum absolute atomic E-state index is 8.56. The van der Waals surface area contributed by atoms with Crippen molar-refractivity contribution in [2.45, 2.75) is 58.3 Å². The van der Waals surface area contributed by atoms with Gasteiger partial charge in [-0.25, -0.2) is 4.79 Å². The molecule has 136 valence electrons. The molecular formula is C22H30O3. The average molecular weight is 342 g/mol. The van der Waals surface area contributed by atoms with Gasteiger partial charge >= 0.3 is 6.16 Å². The van der Waals surface area contributed by atoms with Crippen LogP contribution >= 0.6 is 0 Å². The zero-order valence-corrected chi connectivity index (χ0v) is 15.2.